The molecule has 0 spiro atoms. The second kappa shape index (κ2) is 11.3. The summed E-state index contributed by atoms with van der Waals surface area (Å²) in [5, 5.41) is 0. The van der Waals surface area contributed by atoms with E-state index in [1.54, 1.807) is 0 Å². The Labute approximate surface area is 219 Å². The first-order valence-electron chi connectivity index (χ1n) is 13.7. The molecule has 0 heterocycles. The molecule has 0 unspecified atom stereocenters. The van der Waals surface area contributed by atoms with Crippen LogP contribution in [0.1, 0.15) is 93.7 Å². The Kier molecular flexibility index (Phi) is 8.14. The summed E-state index contributed by atoms with van der Waals surface area (Å²) in [7, 11) is 0. The summed E-state index contributed by atoms with van der Waals surface area (Å²) in [5.41, 5.74) is 14.5. The van der Waals surface area contributed by atoms with E-state index >= 15 is 0 Å². The molecule has 2 aliphatic carbocycles. The van der Waals surface area contributed by atoms with E-state index in [2.05, 4.69) is 133 Å². The second-order valence-corrected chi connectivity index (χ2v) is 11.5. The average Bonchev–Trinajstić information content (AvgIpc) is 3.41. The Balaban J connectivity index is 0.000000155. The van der Waals surface area contributed by atoms with Crippen LogP contribution in [-0.2, 0) is 12.8 Å². The number of hydrogen-bond acceptors (Lipinski definition) is 0. The summed E-state index contributed by atoms with van der Waals surface area (Å²) in [6.45, 7) is 15.6. The quantitative estimate of drug-likeness (QED) is 0.234. The van der Waals surface area contributed by atoms with E-state index in [9.17, 15) is 0 Å². The molecule has 36 heavy (non-hydrogen) atoms. The third-order valence-electron chi connectivity index (χ3n) is 6.98. The lowest BCUT2D eigenvalue weighted by molar-refractivity contribution is 0.737. The lowest BCUT2D eigenvalue weighted by atomic mass is 9.94. The van der Waals surface area contributed by atoms with Crippen LogP contribution >= 0.6 is 0 Å². The molecule has 0 nitrogen and oxygen atoms in total. The Morgan fingerprint density at radius 1 is 0.417 bits per heavy atom. The summed E-state index contributed by atoms with van der Waals surface area (Å²) < 4.78 is 0. The molecule has 0 radical (unpaired) electrons. The largest absolute Gasteiger partial charge is 0.0630 e. The predicted molar refractivity (Wildman–Crippen MR) is 158 cm³/mol. The normalized spacial score (nSPS) is 12.3. The van der Waals surface area contributed by atoms with Crippen LogP contribution in [0, 0.1) is 5.92 Å². The first-order valence-corrected chi connectivity index (χ1v) is 13.7. The van der Waals surface area contributed by atoms with Crippen molar-refractivity contribution >= 4 is 0 Å². The van der Waals surface area contributed by atoms with Gasteiger partial charge in [0.05, 0.1) is 0 Å². The average molecular weight is 475 g/mol. The minimum atomic E-state index is 0.600. The molecule has 0 aliphatic heterocycles. The van der Waals surface area contributed by atoms with Crippen molar-refractivity contribution in [3.63, 3.8) is 0 Å². The molecule has 0 N–H and O–H groups in total. The minimum absolute atomic E-state index is 0.600. The molecule has 0 fully saturated rings. The van der Waals surface area contributed by atoms with Gasteiger partial charge in [0.2, 0.25) is 0 Å². The topological polar surface area (TPSA) is 0 Å². The maximum absolute atomic E-state index is 2.40. The first kappa shape index (κ1) is 26.0. The molecule has 0 bridgehead atoms. The van der Waals surface area contributed by atoms with Gasteiger partial charge in [-0.3, -0.25) is 0 Å². The third kappa shape index (κ3) is 5.81. The lowest BCUT2D eigenvalue weighted by Gasteiger charge is -2.10. The van der Waals surface area contributed by atoms with Crippen LogP contribution in [0.2, 0.25) is 0 Å². The fourth-order valence-electron chi connectivity index (χ4n) is 5.00. The molecule has 6 rings (SSSR count). The Hall–Kier alpha value is -3.12. The highest BCUT2D eigenvalue weighted by molar-refractivity contribution is 5.78. The zero-order chi connectivity index (χ0) is 25.8. The maximum atomic E-state index is 2.40. The van der Waals surface area contributed by atoms with Crippen LogP contribution < -0.4 is 0 Å². The fraction of sp³-hybridized carbons (Fsp3) is 0.333. The van der Waals surface area contributed by atoms with E-state index in [0.717, 1.165) is 18.8 Å². The van der Waals surface area contributed by atoms with E-state index in [1.807, 2.05) is 0 Å². The molecule has 0 amide bonds. The summed E-state index contributed by atoms with van der Waals surface area (Å²) in [6, 6.07) is 31.3. The molecular formula is C36H42. The Morgan fingerprint density at radius 3 is 1.11 bits per heavy atom. The first-order chi connectivity index (χ1) is 17.2. The minimum Gasteiger partial charge on any atom is -0.0630 e. The zero-order valence-electron chi connectivity index (χ0n) is 23.2. The summed E-state index contributed by atoms with van der Waals surface area (Å²) in [6.07, 6.45) is 2.20. The van der Waals surface area contributed by atoms with Gasteiger partial charge in [-0.25, -0.2) is 0 Å². The summed E-state index contributed by atoms with van der Waals surface area (Å²) in [5.74, 6) is 2.03. The highest BCUT2D eigenvalue weighted by atomic mass is 14.2. The van der Waals surface area contributed by atoms with Crippen molar-refractivity contribution in [3.8, 4) is 22.3 Å². The van der Waals surface area contributed by atoms with Crippen LogP contribution in [0.4, 0.5) is 0 Å². The van der Waals surface area contributed by atoms with Crippen LogP contribution in [0.15, 0.2) is 84.9 Å². The van der Waals surface area contributed by atoms with Crippen molar-refractivity contribution in [1.29, 1.82) is 0 Å². The highest BCUT2D eigenvalue weighted by Gasteiger charge is 2.20. The molecule has 0 heteroatoms. The number of fused-ring (bicyclic) bond motifs is 6. The van der Waals surface area contributed by atoms with Gasteiger partial charge in [0.25, 0.3) is 0 Å². The van der Waals surface area contributed by atoms with Gasteiger partial charge in [-0.05, 0) is 86.2 Å². The van der Waals surface area contributed by atoms with Gasteiger partial charge < -0.3 is 0 Å². The molecule has 4 aromatic rings. The molecule has 186 valence electrons. The van der Waals surface area contributed by atoms with Gasteiger partial charge in [-0.1, -0.05) is 133 Å². The fourth-order valence-corrected chi connectivity index (χ4v) is 5.00. The van der Waals surface area contributed by atoms with Crippen LogP contribution in [0.3, 0.4) is 0 Å². The maximum Gasteiger partial charge on any atom is -0.00134 e. The monoisotopic (exact) mass is 474 g/mol. The van der Waals surface area contributed by atoms with Crippen molar-refractivity contribution in [2.75, 3.05) is 0 Å². The molecule has 0 saturated heterocycles. The Bertz CT molecular complexity index is 1220. The van der Waals surface area contributed by atoms with Crippen LogP contribution in [0.25, 0.3) is 22.3 Å². The van der Waals surface area contributed by atoms with Gasteiger partial charge in [0.1, 0.15) is 0 Å². The van der Waals surface area contributed by atoms with Crippen LogP contribution in [-0.4, -0.2) is 0 Å². The Morgan fingerprint density at radius 2 is 0.750 bits per heavy atom. The third-order valence-corrected chi connectivity index (χ3v) is 6.98. The lowest BCUT2D eigenvalue weighted by Crippen LogP contribution is -1.90. The summed E-state index contributed by atoms with van der Waals surface area (Å²) in [4.78, 5) is 0. The van der Waals surface area contributed by atoms with E-state index in [1.165, 1.54) is 55.6 Å². The van der Waals surface area contributed by atoms with Gasteiger partial charge in [-0.15, -0.1) is 0 Å². The molecule has 2 aliphatic rings. The van der Waals surface area contributed by atoms with E-state index in [-0.39, 0.29) is 0 Å². The zero-order valence-corrected chi connectivity index (χ0v) is 23.2. The number of hydrogen-bond donors (Lipinski definition) is 0. The van der Waals surface area contributed by atoms with E-state index in [4.69, 9.17) is 0 Å². The number of benzene rings is 4. The predicted octanol–water partition coefficient (Wildman–Crippen LogP) is 10.4. The van der Waals surface area contributed by atoms with Crippen molar-refractivity contribution in [1.82, 2.24) is 0 Å². The van der Waals surface area contributed by atoms with Crippen molar-refractivity contribution in [2.24, 2.45) is 5.92 Å². The van der Waals surface area contributed by atoms with Crippen molar-refractivity contribution < 1.29 is 0 Å². The molecule has 0 atom stereocenters. The molecule has 0 aromatic heterocycles. The van der Waals surface area contributed by atoms with Gasteiger partial charge in [-0.2, -0.15) is 0 Å². The van der Waals surface area contributed by atoms with Gasteiger partial charge in [0, 0.05) is 0 Å². The summed E-state index contributed by atoms with van der Waals surface area (Å²) >= 11 is 0. The van der Waals surface area contributed by atoms with Crippen molar-refractivity contribution in [3.05, 3.63) is 118 Å². The second-order valence-electron chi connectivity index (χ2n) is 11.5. The number of rotatable bonds is 2. The van der Waals surface area contributed by atoms with E-state index < -0.39 is 0 Å². The van der Waals surface area contributed by atoms with Crippen molar-refractivity contribution in [2.45, 2.75) is 73.1 Å². The molecular weight excluding hydrogens is 432 g/mol. The van der Waals surface area contributed by atoms with Gasteiger partial charge in [0.15, 0.2) is 0 Å². The van der Waals surface area contributed by atoms with E-state index in [0.29, 0.717) is 11.8 Å². The molecule has 0 saturated carbocycles. The SMILES string of the molecule is CC(C)C.CC(C)c1ccc2c(c1)-c1cc(C(C)C)ccc1C2.c1ccc2c(c1)Cc1ccccc1-2. The smallest absolute Gasteiger partial charge is 0.00134 e. The van der Waals surface area contributed by atoms with Crippen LogP contribution in [0.5, 0.6) is 0 Å². The highest BCUT2D eigenvalue weighted by Crippen LogP contribution is 2.39. The van der Waals surface area contributed by atoms with Gasteiger partial charge >= 0.3 is 0 Å². The standard InChI is InChI=1S/C19H22.C13H10.C4H10/c1-12(2)14-5-7-16-9-17-8-6-15(13(3)4)11-19(17)18(16)10-14;1-3-7-12-10(5-1)9-11-6-2-4-8-13(11)12;1-4(2)3/h5-8,10-13H,9H2,1-4H3;1-8H,9H2;4H,1-3H3. The molecule has 4 aromatic carbocycles.